The van der Waals surface area contributed by atoms with E-state index in [1.54, 1.807) is 30.9 Å². The molecule has 23 heavy (non-hydrogen) atoms. The Kier molecular flexibility index (Phi) is 5.31. The number of anilines is 1. The molecule has 0 bridgehead atoms. The molecule has 1 N–H and O–H groups in total. The molecule has 0 aromatic carbocycles. The zero-order valence-corrected chi connectivity index (χ0v) is 13.1. The van der Waals surface area contributed by atoms with Crippen LogP contribution in [0.15, 0.2) is 30.9 Å². The van der Waals surface area contributed by atoms with E-state index in [1.807, 2.05) is 24.3 Å². The molecule has 2 heterocycles. The molecule has 0 fully saturated rings. The third-order valence-electron chi connectivity index (χ3n) is 3.48. The van der Waals surface area contributed by atoms with E-state index in [9.17, 15) is 9.59 Å². The van der Waals surface area contributed by atoms with Gasteiger partial charge in [-0.2, -0.15) is 5.26 Å². The van der Waals surface area contributed by atoms with Crippen LogP contribution in [0.2, 0.25) is 0 Å². The number of nitrogens with zero attached hydrogens (tertiary/aromatic N) is 4. The second kappa shape index (κ2) is 7.40. The smallest absolute Gasteiger partial charge is 0.244 e. The Morgan fingerprint density at radius 2 is 2.35 bits per heavy atom. The molecule has 0 aliphatic rings. The van der Waals surface area contributed by atoms with E-state index >= 15 is 0 Å². The maximum atomic E-state index is 12.3. The molecule has 0 saturated carbocycles. The highest BCUT2D eigenvalue weighted by Crippen LogP contribution is 2.21. The van der Waals surface area contributed by atoms with Crippen molar-refractivity contribution in [1.29, 1.82) is 5.26 Å². The van der Waals surface area contributed by atoms with E-state index in [2.05, 4.69) is 10.3 Å². The van der Waals surface area contributed by atoms with Crippen molar-refractivity contribution in [3.05, 3.63) is 30.9 Å². The normalized spacial score (nSPS) is 11.9. The Morgan fingerprint density at radius 3 is 3.00 bits per heavy atom. The zero-order valence-electron chi connectivity index (χ0n) is 13.1. The van der Waals surface area contributed by atoms with Crippen molar-refractivity contribution >= 4 is 23.5 Å². The van der Waals surface area contributed by atoms with Crippen LogP contribution in [0.25, 0.3) is 5.52 Å². The van der Waals surface area contributed by atoms with Crippen molar-refractivity contribution in [2.75, 3.05) is 11.4 Å². The van der Waals surface area contributed by atoms with Gasteiger partial charge < -0.3 is 14.6 Å². The first-order valence-corrected chi connectivity index (χ1v) is 7.36. The van der Waals surface area contributed by atoms with Crippen molar-refractivity contribution in [3.8, 4) is 6.07 Å². The van der Waals surface area contributed by atoms with Gasteiger partial charge in [-0.15, -0.1) is 0 Å². The summed E-state index contributed by atoms with van der Waals surface area (Å²) in [7, 11) is 0. The van der Waals surface area contributed by atoms with Gasteiger partial charge in [0.2, 0.25) is 12.3 Å². The van der Waals surface area contributed by atoms with Crippen LogP contribution in [-0.2, 0) is 9.59 Å². The number of rotatable bonds is 7. The number of nitriles is 1. The third kappa shape index (κ3) is 3.86. The summed E-state index contributed by atoms with van der Waals surface area (Å²) >= 11 is 0. The minimum atomic E-state index is -0.661. The SMILES string of the molecule is CC(C)CC(C(=O)NCC#N)N(C=O)c1ccn2cncc2c1. The molecular formula is C16H19N5O2. The molecule has 0 saturated heterocycles. The number of carbonyl (C=O) groups is 2. The quantitative estimate of drug-likeness (QED) is 0.617. The fourth-order valence-electron chi connectivity index (χ4n) is 2.42. The average Bonchev–Trinajstić information content (AvgIpc) is 2.99. The number of pyridine rings is 1. The third-order valence-corrected chi connectivity index (χ3v) is 3.48. The van der Waals surface area contributed by atoms with Crippen LogP contribution in [0.4, 0.5) is 5.69 Å². The van der Waals surface area contributed by atoms with E-state index < -0.39 is 6.04 Å². The van der Waals surface area contributed by atoms with Crippen LogP contribution in [0.1, 0.15) is 20.3 Å². The molecule has 2 rings (SSSR count). The van der Waals surface area contributed by atoms with Gasteiger partial charge in [0, 0.05) is 11.9 Å². The first kappa shape index (κ1) is 16.5. The van der Waals surface area contributed by atoms with Crippen LogP contribution in [0.3, 0.4) is 0 Å². The topological polar surface area (TPSA) is 90.5 Å². The largest absolute Gasteiger partial charge is 0.341 e. The van der Waals surface area contributed by atoms with Gasteiger partial charge in [0.1, 0.15) is 12.6 Å². The second-order valence-electron chi connectivity index (χ2n) is 5.64. The number of imidazole rings is 1. The number of hydrogen-bond donors (Lipinski definition) is 1. The number of carbonyl (C=O) groups excluding carboxylic acids is 2. The first-order valence-electron chi connectivity index (χ1n) is 7.36. The Morgan fingerprint density at radius 1 is 1.57 bits per heavy atom. The van der Waals surface area contributed by atoms with E-state index in [1.165, 1.54) is 4.90 Å². The molecular weight excluding hydrogens is 294 g/mol. The highest BCUT2D eigenvalue weighted by molar-refractivity contribution is 5.92. The molecule has 2 aromatic heterocycles. The summed E-state index contributed by atoms with van der Waals surface area (Å²) in [6.45, 7) is 3.88. The molecule has 1 atom stereocenters. The monoisotopic (exact) mass is 313 g/mol. The molecule has 7 nitrogen and oxygen atoms in total. The van der Waals surface area contributed by atoms with Gasteiger partial charge in [-0.3, -0.25) is 9.59 Å². The van der Waals surface area contributed by atoms with Crippen molar-refractivity contribution in [1.82, 2.24) is 14.7 Å². The van der Waals surface area contributed by atoms with Gasteiger partial charge in [0.25, 0.3) is 0 Å². The number of nitrogens with one attached hydrogen (secondary N) is 1. The molecule has 2 aromatic rings. The van der Waals surface area contributed by atoms with Crippen molar-refractivity contribution < 1.29 is 9.59 Å². The summed E-state index contributed by atoms with van der Waals surface area (Å²) < 4.78 is 1.82. The summed E-state index contributed by atoms with van der Waals surface area (Å²) in [5.41, 5.74) is 1.45. The molecule has 0 spiro atoms. The molecule has 2 amide bonds. The fourth-order valence-corrected chi connectivity index (χ4v) is 2.42. The van der Waals surface area contributed by atoms with Crippen LogP contribution in [-0.4, -0.2) is 34.3 Å². The predicted octanol–water partition coefficient (Wildman–Crippen LogP) is 1.35. The highest BCUT2D eigenvalue weighted by Gasteiger charge is 2.27. The van der Waals surface area contributed by atoms with E-state index in [0.717, 1.165) is 5.52 Å². The lowest BCUT2D eigenvalue weighted by atomic mass is 10.0. The lowest BCUT2D eigenvalue weighted by molar-refractivity contribution is -0.124. The first-order chi connectivity index (χ1) is 11.1. The Bertz CT molecular complexity index is 731. The van der Waals surface area contributed by atoms with Crippen LogP contribution >= 0.6 is 0 Å². The van der Waals surface area contributed by atoms with E-state index in [4.69, 9.17) is 5.26 Å². The Hall–Kier alpha value is -2.88. The van der Waals surface area contributed by atoms with Crippen LogP contribution in [0, 0.1) is 17.2 Å². The number of amides is 2. The van der Waals surface area contributed by atoms with Crippen LogP contribution < -0.4 is 10.2 Å². The molecule has 0 aliphatic heterocycles. The molecule has 0 radical (unpaired) electrons. The Labute approximate surface area is 134 Å². The van der Waals surface area contributed by atoms with Gasteiger partial charge in [-0.25, -0.2) is 4.98 Å². The highest BCUT2D eigenvalue weighted by atomic mass is 16.2. The average molecular weight is 313 g/mol. The van der Waals surface area contributed by atoms with Gasteiger partial charge in [-0.05, 0) is 24.5 Å². The molecule has 0 aliphatic carbocycles. The lowest BCUT2D eigenvalue weighted by Crippen LogP contribution is -2.47. The van der Waals surface area contributed by atoms with Crippen molar-refractivity contribution in [3.63, 3.8) is 0 Å². The minimum absolute atomic E-state index is 0.0816. The van der Waals surface area contributed by atoms with Gasteiger partial charge in [0.15, 0.2) is 0 Å². The van der Waals surface area contributed by atoms with Crippen molar-refractivity contribution in [2.45, 2.75) is 26.3 Å². The number of hydrogen-bond acceptors (Lipinski definition) is 4. The standard InChI is InChI=1S/C16H19N5O2/c1-12(2)7-15(16(23)19-5-4-17)21(11-22)13-3-6-20-10-18-9-14(20)8-13/h3,6,8-12,15H,5,7H2,1-2H3,(H,19,23). The summed E-state index contributed by atoms with van der Waals surface area (Å²) in [5, 5.41) is 11.2. The molecule has 7 heteroatoms. The number of aromatic nitrogens is 2. The predicted molar refractivity (Wildman–Crippen MR) is 85.6 cm³/mol. The molecule has 1 unspecified atom stereocenters. The number of fused-ring (bicyclic) bond motifs is 1. The van der Waals surface area contributed by atoms with E-state index in [0.29, 0.717) is 18.5 Å². The summed E-state index contributed by atoms with van der Waals surface area (Å²) in [6.07, 6.45) is 6.28. The summed E-state index contributed by atoms with van der Waals surface area (Å²) in [6, 6.07) is 4.77. The van der Waals surface area contributed by atoms with Gasteiger partial charge in [0.05, 0.1) is 24.1 Å². The second-order valence-corrected chi connectivity index (χ2v) is 5.64. The summed E-state index contributed by atoms with van der Waals surface area (Å²) in [5.74, 6) is -0.116. The maximum Gasteiger partial charge on any atom is 0.244 e. The fraction of sp³-hybridized carbons (Fsp3) is 0.375. The minimum Gasteiger partial charge on any atom is -0.341 e. The van der Waals surface area contributed by atoms with Crippen LogP contribution in [0.5, 0.6) is 0 Å². The zero-order chi connectivity index (χ0) is 16.8. The summed E-state index contributed by atoms with van der Waals surface area (Å²) in [4.78, 5) is 29.4. The van der Waals surface area contributed by atoms with Gasteiger partial charge >= 0.3 is 0 Å². The molecule has 120 valence electrons. The van der Waals surface area contributed by atoms with Gasteiger partial charge in [-0.1, -0.05) is 13.8 Å². The maximum absolute atomic E-state index is 12.3. The Balaban J connectivity index is 2.33. The van der Waals surface area contributed by atoms with E-state index in [-0.39, 0.29) is 18.4 Å². The lowest BCUT2D eigenvalue weighted by Gasteiger charge is -2.28. The van der Waals surface area contributed by atoms with Crippen molar-refractivity contribution in [2.24, 2.45) is 5.92 Å².